The van der Waals surface area contributed by atoms with E-state index < -0.39 is 17.3 Å². The molecule has 7 heteroatoms. The van der Waals surface area contributed by atoms with Crippen LogP contribution in [0.2, 0.25) is 0 Å². The van der Waals surface area contributed by atoms with Gasteiger partial charge in [-0.3, -0.25) is 0 Å². The number of aliphatic imine (C=N–C) groups is 1. The van der Waals surface area contributed by atoms with Gasteiger partial charge in [0, 0.05) is 5.56 Å². The van der Waals surface area contributed by atoms with Crippen LogP contribution in [0, 0.1) is 0 Å². The van der Waals surface area contributed by atoms with Crippen LogP contribution in [0.1, 0.15) is 36.8 Å². The van der Waals surface area contributed by atoms with Crippen molar-refractivity contribution in [1.82, 2.24) is 0 Å². The number of alkyl halides is 3. The standard InChI is InChI=1S/C15H14F3NO3/c16-15(17,18)11-4-3-10(12-13(11)22-8-7-21-12)14(19-9-20)5-1-2-6-14/h3-4H,1-2,5-8H2. The zero-order valence-corrected chi connectivity index (χ0v) is 11.7. The Morgan fingerprint density at radius 2 is 1.73 bits per heavy atom. The second-order valence-electron chi connectivity index (χ2n) is 5.46. The van der Waals surface area contributed by atoms with Crippen molar-refractivity contribution in [2.24, 2.45) is 4.99 Å². The van der Waals surface area contributed by atoms with Crippen molar-refractivity contribution in [3.63, 3.8) is 0 Å². The van der Waals surface area contributed by atoms with Crippen molar-refractivity contribution in [3.8, 4) is 11.5 Å². The quantitative estimate of drug-likeness (QED) is 0.619. The van der Waals surface area contributed by atoms with E-state index in [1.54, 1.807) is 6.08 Å². The Morgan fingerprint density at radius 3 is 2.32 bits per heavy atom. The molecular formula is C15H14F3NO3. The van der Waals surface area contributed by atoms with E-state index >= 15 is 0 Å². The lowest BCUT2D eigenvalue weighted by atomic mass is 9.87. The van der Waals surface area contributed by atoms with E-state index in [1.165, 1.54) is 6.07 Å². The van der Waals surface area contributed by atoms with Gasteiger partial charge in [0.15, 0.2) is 11.5 Å². The van der Waals surface area contributed by atoms with Crippen molar-refractivity contribution in [3.05, 3.63) is 23.3 Å². The molecule has 0 N–H and O–H groups in total. The van der Waals surface area contributed by atoms with Gasteiger partial charge in [-0.1, -0.05) is 18.9 Å². The largest absolute Gasteiger partial charge is 0.486 e. The first-order chi connectivity index (χ1) is 10.5. The molecule has 1 aromatic rings. The molecule has 0 amide bonds. The van der Waals surface area contributed by atoms with E-state index in [2.05, 4.69) is 4.99 Å². The van der Waals surface area contributed by atoms with E-state index in [0.29, 0.717) is 18.4 Å². The predicted molar refractivity (Wildman–Crippen MR) is 70.7 cm³/mol. The maximum atomic E-state index is 13.1. The summed E-state index contributed by atoms with van der Waals surface area (Å²) in [7, 11) is 0. The van der Waals surface area contributed by atoms with Crippen LogP contribution in [0.25, 0.3) is 0 Å². The Morgan fingerprint density at radius 1 is 1.09 bits per heavy atom. The molecule has 1 aliphatic heterocycles. The van der Waals surface area contributed by atoms with Gasteiger partial charge in [-0.25, -0.2) is 4.79 Å². The molecule has 0 atom stereocenters. The Bertz CT molecular complexity index is 630. The smallest absolute Gasteiger partial charge is 0.420 e. The molecule has 2 aliphatic rings. The number of nitrogens with zero attached hydrogens (tertiary/aromatic N) is 1. The summed E-state index contributed by atoms with van der Waals surface area (Å²) in [5, 5.41) is 0. The van der Waals surface area contributed by atoms with Crippen molar-refractivity contribution < 1.29 is 27.4 Å². The lowest BCUT2D eigenvalue weighted by molar-refractivity contribution is -0.139. The zero-order valence-electron chi connectivity index (χ0n) is 11.7. The molecule has 4 nitrogen and oxygen atoms in total. The van der Waals surface area contributed by atoms with E-state index in [1.807, 2.05) is 0 Å². The Kier molecular flexibility index (Phi) is 3.60. The van der Waals surface area contributed by atoms with Crippen LogP contribution >= 0.6 is 0 Å². The molecule has 1 aliphatic carbocycles. The first-order valence-corrected chi connectivity index (χ1v) is 7.07. The third-order valence-electron chi connectivity index (χ3n) is 4.19. The summed E-state index contributed by atoms with van der Waals surface area (Å²) in [5.41, 5.74) is -1.23. The Hall–Kier alpha value is -2.01. The number of isocyanates is 1. The molecule has 0 saturated heterocycles. The van der Waals surface area contributed by atoms with Crippen molar-refractivity contribution in [2.45, 2.75) is 37.4 Å². The lowest BCUT2D eigenvalue weighted by Gasteiger charge is -2.30. The normalized spacial score (nSPS) is 19.6. The average molecular weight is 313 g/mol. The number of ether oxygens (including phenoxy) is 2. The summed E-state index contributed by atoms with van der Waals surface area (Å²) in [5.74, 6) is -0.245. The fourth-order valence-electron chi connectivity index (χ4n) is 3.22. The molecular weight excluding hydrogens is 299 g/mol. The third-order valence-corrected chi connectivity index (χ3v) is 4.19. The van der Waals surface area contributed by atoms with Crippen LogP contribution in [0.3, 0.4) is 0 Å². The second kappa shape index (κ2) is 5.32. The van der Waals surface area contributed by atoms with E-state index in [-0.39, 0.29) is 24.7 Å². The fraction of sp³-hybridized carbons (Fsp3) is 0.533. The maximum absolute atomic E-state index is 13.1. The van der Waals surface area contributed by atoms with Gasteiger partial charge in [0.2, 0.25) is 6.08 Å². The summed E-state index contributed by atoms with van der Waals surface area (Å²) >= 11 is 0. The number of hydrogen-bond donors (Lipinski definition) is 0. The molecule has 1 saturated carbocycles. The predicted octanol–water partition coefficient (Wildman–Crippen LogP) is 3.58. The van der Waals surface area contributed by atoms with Gasteiger partial charge < -0.3 is 9.47 Å². The number of benzene rings is 1. The molecule has 0 unspecified atom stereocenters. The Labute approximate surface area is 124 Å². The summed E-state index contributed by atoms with van der Waals surface area (Å²) in [6.45, 7) is 0.228. The van der Waals surface area contributed by atoms with Crippen molar-refractivity contribution in [1.29, 1.82) is 0 Å². The van der Waals surface area contributed by atoms with Gasteiger partial charge in [0.05, 0.1) is 0 Å². The minimum absolute atomic E-state index is 0.0574. The molecule has 1 fully saturated rings. The van der Waals surface area contributed by atoms with Gasteiger partial charge in [-0.15, -0.1) is 0 Å². The van der Waals surface area contributed by atoms with Crippen LogP contribution in [0.5, 0.6) is 11.5 Å². The van der Waals surface area contributed by atoms with E-state index in [9.17, 15) is 18.0 Å². The summed E-state index contributed by atoms with van der Waals surface area (Å²) in [4.78, 5) is 14.7. The summed E-state index contributed by atoms with van der Waals surface area (Å²) in [6.07, 6.45) is -0.0992. The summed E-state index contributed by atoms with van der Waals surface area (Å²) < 4.78 is 50.0. The van der Waals surface area contributed by atoms with Crippen LogP contribution < -0.4 is 9.47 Å². The first kappa shape index (κ1) is 14.9. The van der Waals surface area contributed by atoms with Gasteiger partial charge in [-0.2, -0.15) is 18.2 Å². The molecule has 22 heavy (non-hydrogen) atoms. The lowest BCUT2D eigenvalue weighted by Crippen LogP contribution is -2.25. The molecule has 118 valence electrons. The number of fused-ring (bicyclic) bond motifs is 1. The number of carbonyl (C=O) groups excluding carboxylic acids is 1. The molecule has 0 radical (unpaired) electrons. The van der Waals surface area contributed by atoms with Gasteiger partial charge >= 0.3 is 6.18 Å². The van der Waals surface area contributed by atoms with Crippen LogP contribution in [-0.2, 0) is 16.5 Å². The highest BCUT2D eigenvalue weighted by molar-refractivity contribution is 5.57. The maximum Gasteiger partial charge on any atom is 0.420 e. The average Bonchev–Trinajstić information content (AvgIpc) is 2.95. The van der Waals surface area contributed by atoms with Crippen LogP contribution in [0.4, 0.5) is 13.2 Å². The van der Waals surface area contributed by atoms with E-state index in [4.69, 9.17) is 9.47 Å². The summed E-state index contributed by atoms with van der Waals surface area (Å²) in [6, 6.07) is 2.33. The molecule has 0 aromatic heterocycles. The van der Waals surface area contributed by atoms with Gasteiger partial charge in [0.25, 0.3) is 0 Å². The number of rotatable bonds is 2. The second-order valence-corrected chi connectivity index (χ2v) is 5.46. The number of hydrogen-bond acceptors (Lipinski definition) is 4. The SMILES string of the molecule is O=C=NC1(c2ccc(C(F)(F)F)c3c2OCCO3)CCCC1. The molecule has 0 spiro atoms. The molecule has 1 aromatic carbocycles. The Balaban J connectivity index is 2.19. The van der Waals surface area contributed by atoms with Crippen LogP contribution in [-0.4, -0.2) is 19.3 Å². The third kappa shape index (κ3) is 2.35. The topological polar surface area (TPSA) is 47.9 Å². The highest BCUT2D eigenvalue weighted by atomic mass is 19.4. The number of halogens is 3. The molecule has 1 heterocycles. The van der Waals surface area contributed by atoms with Gasteiger partial charge in [-0.05, 0) is 18.9 Å². The monoisotopic (exact) mass is 313 g/mol. The van der Waals surface area contributed by atoms with Crippen molar-refractivity contribution >= 4 is 6.08 Å². The molecule has 3 rings (SSSR count). The first-order valence-electron chi connectivity index (χ1n) is 7.07. The van der Waals surface area contributed by atoms with Crippen molar-refractivity contribution in [2.75, 3.05) is 13.2 Å². The minimum atomic E-state index is -4.53. The zero-order chi connectivity index (χ0) is 15.8. The molecule has 0 bridgehead atoms. The van der Waals surface area contributed by atoms with Gasteiger partial charge in [0.1, 0.15) is 24.3 Å². The van der Waals surface area contributed by atoms with Crippen LogP contribution in [0.15, 0.2) is 17.1 Å². The van der Waals surface area contributed by atoms with E-state index in [0.717, 1.165) is 18.9 Å². The minimum Gasteiger partial charge on any atom is -0.486 e. The highest BCUT2D eigenvalue weighted by Gasteiger charge is 2.43. The highest BCUT2D eigenvalue weighted by Crippen LogP contribution is 2.52. The fourth-order valence-corrected chi connectivity index (χ4v) is 3.22.